The van der Waals surface area contributed by atoms with E-state index in [1.54, 1.807) is 0 Å². The number of halogens is 1. The van der Waals surface area contributed by atoms with E-state index in [-0.39, 0.29) is 0 Å². The Kier molecular flexibility index (Phi) is 4.30. The number of benzene rings is 2. The van der Waals surface area contributed by atoms with Gasteiger partial charge in [-0.3, -0.25) is 9.69 Å². The van der Waals surface area contributed by atoms with Gasteiger partial charge in [0.2, 0.25) is 0 Å². The van der Waals surface area contributed by atoms with Gasteiger partial charge in [0.25, 0.3) is 0 Å². The molecule has 0 aliphatic carbocycles. The van der Waals surface area contributed by atoms with Crippen LogP contribution in [0.4, 0.5) is 27.5 Å². The molecule has 1 heterocycles. The first-order valence-electron chi connectivity index (χ1n) is 7.57. The highest BCUT2D eigenvalue weighted by Crippen LogP contribution is 2.48. The van der Waals surface area contributed by atoms with Crippen LogP contribution in [-0.4, -0.2) is 18.5 Å². The highest BCUT2D eigenvalue weighted by Gasteiger charge is 2.28. The number of hydrogen-bond donors (Lipinski definition) is 2. The lowest BCUT2D eigenvalue weighted by Crippen LogP contribution is -2.23. The summed E-state index contributed by atoms with van der Waals surface area (Å²) < 4.78 is 6.00. The summed E-state index contributed by atoms with van der Waals surface area (Å²) in [6, 6.07) is 11.2. The van der Waals surface area contributed by atoms with E-state index >= 15 is 0 Å². The molecule has 0 atom stereocenters. The van der Waals surface area contributed by atoms with Crippen LogP contribution in [0, 0.1) is 0 Å². The van der Waals surface area contributed by atoms with Crippen LogP contribution in [0.3, 0.4) is 0 Å². The van der Waals surface area contributed by atoms with E-state index in [0.717, 1.165) is 24.5 Å². The monoisotopic (exact) mass is 331 g/mol. The summed E-state index contributed by atoms with van der Waals surface area (Å²) in [7, 11) is 0. The standard InChI is InChI=1S/C17H18ClN3O2/c1-3-19-11-5-7-13-15(9-11)23-16-10-12(20-4-2)6-8-14(16)21(13)17(18)22/h5-10,19-20H,3-4H2,1-2H3. The summed E-state index contributed by atoms with van der Waals surface area (Å²) >= 11 is 5.81. The van der Waals surface area contributed by atoms with Gasteiger partial charge >= 0.3 is 5.37 Å². The van der Waals surface area contributed by atoms with Crippen LogP contribution in [0.1, 0.15) is 13.8 Å². The molecule has 0 fully saturated rings. The highest BCUT2D eigenvalue weighted by molar-refractivity contribution is 6.67. The number of carbonyl (C=O) groups is 1. The van der Waals surface area contributed by atoms with Crippen molar-refractivity contribution in [3.05, 3.63) is 36.4 Å². The quantitative estimate of drug-likeness (QED) is 0.600. The van der Waals surface area contributed by atoms with Crippen molar-refractivity contribution in [1.82, 2.24) is 0 Å². The Labute approximate surface area is 140 Å². The fourth-order valence-electron chi connectivity index (χ4n) is 2.63. The number of rotatable bonds is 4. The van der Waals surface area contributed by atoms with Crippen molar-refractivity contribution >= 4 is 39.7 Å². The average Bonchev–Trinajstić information content (AvgIpc) is 2.52. The molecule has 1 aliphatic rings. The normalized spacial score (nSPS) is 12.0. The molecule has 1 amide bonds. The van der Waals surface area contributed by atoms with Crippen molar-refractivity contribution in [3.63, 3.8) is 0 Å². The fourth-order valence-corrected chi connectivity index (χ4v) is 2.81. The predicted octanol–water partition coefficient (Wildman–Crippen LogP) is 5.15. The van der Waals surface area contributed by atoms with Gasteiger partial charge in [0.05, 0.1) is 11.4 Å². The molecule has 0 radical (unpaired) electrons. The van der Waals surface area contributed by atoms with E-state index in [4.69, 9.17) is 16.3 Å². The molecule has 0 saturated heterocycles. The molecule has 0 aromatic heterocycles. The summed E-state index contributed by atoms with van der Waals surface area (Å²) in [6.07, 6.45) is 0. The lowest BCUT2D eigenvalue weighted by atomic mass is 10.1. The molecule has 2 N–H and O–H groups in total. The third kappa shape index (κ3) is 2.92. The first kappa shape index (κ1) is 15.5. The Hall–Kier alpha value is -2.40. The van der Waals surface area contributed by atoms with Gasteiger partial charge in [-0.05, 0) is 49.7 Å². The average molecular weight is 332 g/mol. The van der Waals surface area contributed by atoms with Gasteiger partial charge < -0.3 is 15.4 Å². The Balaban J connectivity index is 2.07. The zero-order valence-corrected chi connectivity index (χ0v) is 13.8. The first-order valence-corrected chi connectivity index (χ1v) is 7.95. The molecule has 0 spiro atoms. The van der Waals surface area contributed by atoms with Crippen LogP contribution in [0.5, 0.6) is 11.5 Å². The van der Waals surface area contributed by atoms with Crippen molar-refractivity contribution < 1.29 is 9.53 Å². The number of hydrogen-bond acceptors (Lipinski definition) is 4. The smallest absolute Gasteiger partial charge is 0.325 e. The molecule has 0 saturated carbocycles. The second-order valence-corrected chi connectivity index (χ2v) is 5.44. The van der Waals surface area contributed by atoms with E-state index < -0.39 is 5.37 Å². The third-order valence-electron chi connectivity index (χ3n) is 3.56. The lowest BCUT2D eigenvalue weighted by Gasteiger charge is -2.30. The summed E-state index contributed by atoms with van der Waals surface area (Å²) in [5.41, 5.74) is 3.13. The Morgan fingerprint density at radius 3 is 1.87 bits per heavy atom. The zero-order chi connectivity index (χ0) is 16.4. The molecule has 0 bridgehead atoms. The van der Waals surface area contributed by atoms with Gasteiger partial charge in [0.1, 0.15) is 0 Å². The van der Waals surface area contributed by atoms with Gasteiger partial charge in [0, 0.05) is 36.6 Å². The third-order valence-corrected chi connectivity index (χ3v) is 3.73. The van der Waals surface area contributed by atoms with Crippen LogP contribution in [-0.2, 0) is 0 Å². The molecule has 3 rings (SSSR count). The van der Waals surface area contributed by atoms with Gasteiger partial charge in [-0.25, -0.2) is 0 Å². The van der Waals surface area contributed by atoms with Gasteiger partial charge in [-0.2, -0.15) is 0 Å². The van der Waals surface area contributed by atoms with Crippen molar-refractivity contribution in [2.24, 2.45) is 0 Å². The first-order chi connectivity index (χ1) is 11.1. The molecule has 23 heavy (non-hydrogen) atoms. The largest absolute Gasteiger partial charge is 0.453 e. The second-order valence-electron chi connectivity index (χ2n) is 5.12. The molecule has 120 valence electrons. The van der Waals surface area contributed by atoms with E-state index in [2.05, 4.69) is 10.6 Å². The minimum absolute atomic E-state index is 0.566. The summed E-state index contributed by atoms with van der Waals surface area (Å²) in [5.74, 6) is 1.19. The van der Waals surface area contributed by atoms with Crippen molar-refractivity contribution in [2.75, 3.05) is 28.6 Å². The highest BCUT2D eigenvalue weighted by atomic mass is 35.5. The molecule has 1 aliphatic heterocycles. The maximum Gasteiger partial charge on any atom is 0.325 e. The number of nitrogens with one attached hydrogen (secondary N) is 2. The fraction of sp³-hybridized carbons (Fsp3) is 0.235. The Morgan fingerprint density at radius 2 is 1.48 bits per heavy atom. The number of amides is 1. The van der Waals surface area contributed by atoms with Gasteiger partial charge in [-0.1, -0.05) is 0 Å². The molecule has 6 heteroatoms. The number of anilines is 4. The number of ether oxygens (including phenoxy) is 1. The second kappa shape index (κ2) is 6.38. The molecular formula is C17H18ClN3O2. The maximum atomic E-state index is 12.0. The van der Waals surface area contributed by atoms with Crippen LogP contribution < -0.4 is 20.3 Å². The minimum atomic E-state index is -0.566. The van der Waals surface area contributed by atoms with Crippen LogP contribution in [0.15, 0.2) is 36.4 Å². The number of fused-ring (bicyclic) bond motifs is 2. The van der Waals surface area contributed by atoms with E-state index in [1.165, 1.54) is 4.90 Å². The molecular weight excluding hydrogens is 314 g/mol. The van der Waals surface area contributed by atoms with Gasteiger partial charge in [0.15, 0.2) is 11.5 Å². The molecule has 2 aromatic rings. The number of nitrogens with zero attached hydrogens (tertiary/aromatic N) is 1. The van der Waals surface area contributed by atoms with Crippen molar-refractivity contribution in [3.8, 4) is 11.5 Å². The summed E-state index contributed by atoms with van der Waals surface area (Å²) in [6.45, 7) is 5.65. The van der Waals surface area contributed by atoms with Gasteiger partial charge in [-0.15, -0.1) is 0 Å². The maximum absolute atomic E-state index is 12.0. The predicted molar refractivity (Wildman–Crippen MR) is 94.7 cm³/mol. The topological polar surface area (TPSA) is 53.6 Å². The van der Waals surface area contributed by atoms with E-state index in [9.17, 15) is 4.79 Å². The Bertz CT molecular complexity index is 693. The summed E-state index contributed by atoms with van der Waals surface area (Å²) in [5, 5.41) is 5.89. The van der Waals surface area contributed by atoms with Crippen molar-refractivity contribution in [2.45, 2.75) is 13.8 Å². The molecule has 2 aromatic carbocycles. The SMILES string of the molecule is CCNc1ccc2c(c1)Oc1cc(NCC)ccc1N2C(=O)Cl. The van der Waals surface area contributed by atoms with E-state index in [0.29, 0.717) is 22.9 Å². The zero-order valence-electron chi connectivity index (χ0n) is 13.0. The van der Waals surface area contributed by atoms with Crippen LogP contribution in [0.25, 0.3) is 0 Å². The molecule has 5 nitrogen and oxygen atoms in total. The van der Waals surface area contributed by atoms with E-state index in [1.807, 2.05) is 50.2 Å². The minimum Gasteiger partial charge on any atom is -0.453 e. The van der Waals surface area contributed by atoms with Crippen LogP contribution in [0.2, 0.25) is 0 Å². The van der Waals surface area contributed by atoms with Crippen LogP contribution >= 0.6 is 11.6 Å². The van der Waals surface area contributed by atoms with Crippen molar-refractivity contribution in [1.29, 1.82) is 0 Å². The molecule has 0 unspecified atom stereocenters. The lowest BCUT2D eigenvalue weighted by molar-refractivity contribution is 0.265. The number of carbonyl (C=O) groups excluding carboxylic acids is 1. The summed E-state index contributed by atoms with van der Waals surface area (Å²) in [4.78, 5) is 13.4. The Morgan fingerprint density at radius 1 is 1.00 bits per heavy atom.